The molecule has 1 amide bonds. The Balaban J connectivity index is 2.04. The van der Waals surface area contributed by atoms with Gasteiger partial charge in [-0.05, 0) is 24.6 Å². The number of β-amino-alcohol motifs (C(OH)–C–C–N with tert-alkyl or cyclic N) is 1. The number of amides is 1. The maximum atomic E-state index is 12.3. The van der Waals surface area contributed by atoms with Crippen LogP contribution in [0.25, 0.3) is 0 Å². The topological polar surface area (TPSA) is 43.8 Å². The van der Waals surface area contributed by atoms with Gasteiger partial charge in [-0.15, -0.1) is 0 Å². The van der Waals surface area contributed by atoms with Crippen LogP contribution in [-0.4, -0.2) is 48.7 Å². The number of carbonyl (C=O) groups is 1. The van der Waals surface area contributed by atoms with E-state index in [9.17, 15) is 9.90 Å². The summed E-state index contributed by atoms with van der Waals surface area (Å²) < 4.78 is 0. The molecule has 1 fully saturated rings. The molecule has 1 aromatic carbocycles. The lowest BCUT2D eigenvalue weighted by atomic mass is 9.88. The van der Waals surface area contributed by atoms with Crippen LogP contribution in [0.4, 0.5) is 5.69 Å². The van der Waals surface area contributed by atoms with Crippen LogP contribution in [0, 0.1) is 0 Å². The van der Waals surface area contributed by atoms with E-state index in [0.717, 1.165) is 18.5 Å². The second kappa shape index (κ2) is 5.21. The van der Waals surface area contributed by atoms with Gasteiger partial charge in [0.2, 0.25) is 0 Å². The molecule has 2 rings (SSSR count). The van der Waals surface area contributed by atoms with Gasteiger partial charge in [-0.2, -0.15) is 0 Å². The summed E-state index contributed by atoms with van der Waals surface area (Å²) in [5.74, 6) is 0.00415. The van der Waals surface area contributed by atoms with Crippen LogP contribution >= 0.6 is 0 Å². The van der Waals surface area contributed by atoms with Crippen molar-refractivity contribution in [3.05, 3.63) is 29.8 Å². The quantitative estimate of drug-likeness (QED) is 0.899. The number of anilines is 1. The molecule has 0 unspecified atom stereocenters. The van der Waals surface area contributed by atoms with Crippen LogP contribution in [0.5, 0.6) is 0 Å². The number of nitrogens with zero attached hydrogens (tertiary/aromatic N) is 2. The highest BCUT2D eigenvalue weighted by molar-refractivity contribution is 5.95. The molecule has 1 aliphatic heterocycles. The van der Waals surface area contributed by atoms with Crippen molar-refractivity contribution in [1.82, 2.24) is 4.90 Å². The van der Waals surface area contributed by atoms with E-state index in [1.165, 1.54) is 0 Å². The number of likely N-dealkylation sites (tertiary alicyclic amines) is 1. The minimum absolute atomic E-state index is 0.00415. The van der Waals surface area contributed by atoms with Gasteiger partial charge in [0, 0.05) is 25.3 Å². The molecular formula is C15H22N2O2. The van der Waals surface area contributed by atoms with Crippen LogP contribution in [0.2, 0.25) is 0 Å². The zero-order chi connectivity index (χ0) is 14.0. The fourth-order valence-electron chi connectivity index (χ4n) is 2.53. The highest BCUT2D eigenvalue weighted by Crippen LogP contribution is 2.27. The lowest BCUT2D eigenvalue weighted by Gasteiger charge is -2.46. The molecule has 4 nitrogen and oxygen atoms in total. The molecule has 1 saturated heterocycles. The second-order valence-electron chi connectivity index (χ2n) is 5.58. The largest absolute Gasteiger partial charge is 0.386 e. The van der Waals surface area contributed by atoms with Gasteiger partial charge in [0.05, 0.1) is 18.7 Å². The van der Waals surface area contributed by atoms with E-state index in [4.69, 9.17) is 0 Å². The van der Waals surface area contributed by atoms with Gasteiger partial charge in [-0.3, -0.25) is 4.79 Å². The summed E-state index contributed by atoms with van der Waals surface area (Å²) >= 11 is 0. The first-order chi connectivity index (χ1) is 8.95. The SMILES string of the molecule is CCCC1(O)CN(C(=O)c2cccc(N(C)C)c2)C1. The molecule has 1 heterocycles. The van der Waals surface area contributed by atoms with Gasteiger partial charge in [0.1, 0.15) is 0 Å². The van der Waals surface area contributed by atoms with E-state index in [2.05, 4.69) is 0 Å². The summed E-state index contributed by atoms with van der Waals surface area (Å²) in [5, 5.41) is 10.1. The lowest BCUT2D eigenvalue weighted by molar-refractivity contribution is -0.0860. The zero-order valence-electron chi connectivity index (χ0n) is 11.9. The number of carbonyl (C=O) groups excluding carboxylic acids is 1. The van der Waals surface area contributed by atoms with Crippen molar-refractivity contribution in [3.63, 3.8) is 0 Å². The van der Waals surface area contributed by atoms with Crippen LogP contribution in [0.15, 0.2) is 24.3 Å². The smallest absolute Gasteiger partial charge is 0.254 e. The summed E-state index contributed by atoms with van der Waals surface area (Å²) in [5.41, 5.74) is 1.03. The Hall–Kier alpha value is -1.55. The number of hydrogen-bond donors (Lipinski definition) is 1. The van der Waals surface area contributed by atoms with Crippen molar-refractivity contribution in [2.24, 2.45) is 0 Å². The summed E-state index contributed by atoms with van der Waals surface area (Å²) in [7, 11) is 3.90. The molecule has 0 radical (unpaired) electrons. The third-order valence-electron chi connectivity index (χ3n) is 3.58. The number of aliphatic hydroxyl groups is 1. The van der Waals surface area contributed by atoms with Crippen molar-refractivity contribution in [3.8, 4) is 0 Å². The Bertz CT molecular complexity index is 465. The molecule has 0 aromatic heterocycles. The summed E-state index contributed by atoms with van der Waals surface area (Å²) in [6.45, 7) is 2.95. The second-order valence-corrected chi connectivity index (χ2v) is 5.58. The van der Waals surface area contributed by atoms with Gasteiger partial charge in [0.25, 0.3) is 5.91 Å². The highest BCUT2D eigenvalue weighted by Gasteiger charge is 2.42. The van der Waals surface area contributed by atoms with Crippen molar-refractivity contribution in [2.75, 3.05) is 32.1 Å². The summed E-state index contributed by atoms with van der Waals surface area (Å²) in [4.78, 5) is 16.0. The highest BCUT2D eigenvalue weighted by atomic mass is 16.3. The van der Waals surface area contributed by atoms with Gasteiger partial charge < -0.3 is 14.9 Å². The maximum Gasteiger partial charge on any atom is 0.254 e. The molecule has 4 heteroatoms. The average Bonchev–Trinajstić information content (AvgIpc) is 2.35. The van der Waals surface area contributed by atoms with E-state index >= 15 is 0 Å². The lowest BCUT2D eigenvalue weighted by Crippen LogP contribution is -2.63. The molecule has 1 aromatic rings. The summed E-state index contributed by atoms with van der Waals surface area (Å²) in [6, 6.07) is 7.58. The number of hydrogen-bond acceptors (Lipinski definition) is 3. The van der Waals surface area contributed by atoms with Crippen LogP contribution in [0.3, 0.4) is 0 Å². The van der Waals surface area contributed by atoms with E-state index in [1.54, 1.807) is 4.90 Å². The third-order valence-corrected chi connectivity index (χ3v) is 3.58. The summed E-state index contributed by atoms with van der Waals surface area (Å²) in [6.07, 6.45) is 1.70. The monoisotopic (exact) mass is 262 g/mol. The first-order valence-electron chi connectivity index (χ1n) is 6.74. The molecular weight excluding hydrogens is 240 g/mol. The molecule has 0 saturated carbocycles. The third kappa shape index (κ3) is 2.89. The first-order valence-corrected chi connectivity index (χ1v) is 6.74. The van der Waals surface area contributed by atoms with Gasteiger partial charge in [0.15, 0.2) is 0 Å². The average molecular weight is 262 g/mol. The van der Waals surface area contributed by atoms with Crippen molar-refractivity contribution in [1.29, 1.82) is 0 Å². The van der Waals surface area contributed by atoms with Gasteiger partial charge in [-0.25, -0.2) is 0 Å². The Labute approximate surface area is 114 Å². The molecule has 104 valence electrons. The normalized spacial score (nSPS) is 16.9. The van der Waals surface area contributed by atoms with Gasteiger partial charge in [-0.1, -0.05) is 19.4 Å². The zero-order valence-corrected chi connectivity index (χ0v) is 11.9. The van der Waals surface area contributed by atoms with Gasteiger partial charge >= 0.3 is 0 Å². The fourth-order valence-corrected chi connectivity index (χ4v) is 2.53. The number of benzene rings is 1. The Morgan fingerprint density at radius 1 is 1.42 bits per heavy atom. The van der Waals surface area contributed by atoms with Crippen molar-refractivity contribution >= 4 is 11.6 Å². The van der Waals surface area contributed by atoms with E-state index in [0.29, 0.717) is 18.7 Å². The molecule has 19 heavy (non-hydrogen) atoms. The molecule has 0 spiro atoms. The van der Waals surface area contributed by atoms with Crippen LogP contribution in [-0.2, 0) is 0 Å². The number of rotatable bonds is 4. The molecule has 0 aliphatic carbocycles. The minimum Gasteiger partial charge on any atom is -0.386 e. The van der Waals surface area contributed by atoms with E-state index in [-0.39, 0.29) is 5.91 Å². The fraction of sp³-hybridized carbons (Fsp3) is 0.533. The van der Waals surface area contributed by atoms with Crippen molar-refractivity contribution in [2.45, 2.75) is 25.4 Å². The van der Waals surface area contributed by atoms with E-state index in [1.807, 2.05) is 50.2 Å². The minimum atomic E-state index is -0.663. The van der Waals surface area contributed by atoms with E-state index < -0.39 is 5.60 Å². The Morgan fingerprint density at radius 3 is 2.68 bits per heavy atom. The molecule has 0 atom stereocenters. The predicted molar refractivity (Wildman–Crippen MR) is 76.5 cm³/mol. The first kappa shape index (κ1) is 13.9. The molecule has 1 aliphatic rings. The maximum absolute atomic E-state index is 12.3. The predicted octanol–water partition coefficient (Wildman–Crippen LogP) is 1.74. The Kier molecular flexibility index (Phi) is 3.80. The molecule has 1 N–H and O–H groups in total. The van der Waals surface area contributed by atoms with Crippen LogP contribution < -0.4 is 4.90 Å². The Morgan fingerprint density at radius 2 is 2.11 bits per heavy atom. The van der Waals surface area contributed by atoms with Crippen molar-refractivity contribution < 1.29 is 9.90 Å². The van der Waals surface area contributed by atoms with Crippen LogP contribution in [0.1, 0.15) is 30.1 Å². The standard InChI is InChI=1S/C15H22N2O2/c1-4-8-15(19)10-17(11-15)14(18)12-6-5-7-13(9-12)16(2)3/h5-7,9,19H,4,8,10-11H2,1-3H3. The molecule has 0 bridgehead atoms.